The molecule has 0 fully saturated rings. The number of carbonyl (C=O) groups excluding carboxylic acids is 1. The van der Waals surface area contributed by atoms with Gasteiger partial charge in [-0.25, -0.2) is 9.50 Å². The molecule has 0 bridgehead atoms. The summed E-state index contributed by atoms with van der Waals surface area (Å²) in [6, 6.07) is 8.02. The fourth-order valence-corrected chi connectivity index (χ4v) is 3.93. The smallest absolute Gasteiger partial charge is 0.226 e. The Balaban J connectivity index is 1.70. The van der Waals surface area contributed by atoms with E-state index in [0.717, 1.165) is 27.3 Å². The molecule has 1 atom stereocenters. The number of anilines is 1. The predicted octanol–water partition coefficient (Wildman–Crippen LogP) is 2.66. The number of aromatic nitrogens is 5. The van der Waals surface area contributed by atoms with E-state index in [1.165, 1.54) is 6.33 Å². The summed E-state index contributed by atoms with van der Waals surface area (Å²) < 4.78 is 1.71. The molecule has 1 unspecified atom stereocenters. The maximum atomic E-state index is 12.1. The third-order valence-electron chi connectivity index (χ3n) is 4.27. The molecule has 4 aromatic rings. The van der Waals surface area contributed by atoms with Gasteiger partial charge in [0.25, 0.3) is 0 Å². The molecule has 0 saturated heterocycles. The molecular formula is C16H12N6OS. The third-order valence-corrected chi connectivity index (χ3v) is 5.16. The number of carbonyl (C=O) groups is 1. The molecule has 1 aliphatic heterocycles. The van der Waals surface area contributed by atoms with Crippen molar-refractivity contribution in [1.82, 2.24) is 24.8 Å². The van der Waals surface area contributed by atoms with Crippen LogP contribution >= 0.6 is 11.3 Å². The van der Waals surface area contributed by atoms with Gasteiger partial charge in [-0.05, 0) is 29.1 Å². The minimum absolute atomic E-state index is 0.0296. The van der Waals surface area contributed by atoms with Crippen molar-refractivity contribution in [2.24, 2.45) is 0 Å². The van der Waals surface area contributed by atoms with Gasteiger partial charge < -0.3 is 5.32 Å². The van der Waals surface area contributed by atoms with Gasteiger partial charge in [0.15, 0.2) is 11.5 Å². The van der Waals surface area contributed by atoms with Gasteiger partial charge in [-0.2, -0.15) is 10.2 Å². The van der Waals surface area contributed by atoms with Crippen molar-refractivity contribution in [3.63, 3.8) is 0 Å². The molecule has 118 valence electrons. The normalized spacial score (nSPS) is 17.0. The first kappa shape index (κ1) is 13.4. The second kappa shape index (κ2) is 5.00. The van der Waals surface area contributed by atoms with E-state index < -0.39 is 0 Å². The van der Waals surface area contributed by atoms with Crippen LogP contribution < -0.4 is 5.32 Å². The lowest BCUT2D eigenvalue weighted by molar-refractivity contribution is -0.116. The van der Waals surface area contributed by atoms with Crippen LogP contribution in [0.15, 0.2) is 42.2 Å². The van der Waals surface area contributed by atoms with Gasteiger partial charge in [0.2, 0.25) is 5.91 Å². The van der Waals surface area contributed by atoms with E-state index in [1.807, 2.05) is 35.8 Å². The molecule has 0 saturated carbocycles. The van der Waals surface area contributed by atoms with Gasteiger partial charge in [0, 0.05) is 24.1 Å². The Morgan fingerprint density at radius 2 is 2.29 bits per heavy atom. The lowest BCUT2D eigenvalue weighted by atomic mass is 9.86. The summed E-state index contributed by atoms with van der Waals surface area (Å²) in [5.74, 6) is 0.519. The summed E-state index contributed by atoms with van der Waals surface area (Å²) >= 11 is 1.65. The quantitative estimate of drug-likeness (QED) is 0.589. The number of hydrogen-bond donors (Lipinski definition) is 2. The molecular weight excluding hydrogens is 324 g/mol. The second-order valence-corrected chi connectivity index (χ2v) is 6.61. The van der Waals surface area contributed by atoms with E-state index in [1.54, 1.807) is 15.9 Å². The molecule has 5 rings (SSSR count). The lowest BCUT2D eigenvalue weighted by Gasteiger charge is -2.23. The van der Waals surface area contributed by atoms with Gasteiger partial charge in [-0.3, -0.25) is 9.89 Å². The summed E-state index contributed by atoms with van der Waals surface area (Å²) in [5.41, 5.74) is 3.79. The van der Waals surface area contributed by atoms with Crippen molar-refractivity contribution < 1.29 is 4.79 Å². The van der Waals surface area contributed by atoms with E-state index in [4.69, 9.17) is 0 Å². The van der Waals surface area contributed by atoms with Crippen LogP contribution in [0.2, 0.25) is 0 Å². The minimum Gasteiger partial charge on any atom is -0.309 e. The minimum atomic E-state index is -0.0636. The van der Waals surface area contributed by atoms with Crippen molar-refractivity contribution in [2.75, 3.05) is 5.32 Å². The lowest BCUT2D eigenvalue weighted by Crippen LogP contribution is -2.23. The molecule has 4 aromatic heterocycles. The summed E-state index contributed by atoms with van der Waals surface area (Å²) in [6.45, 7) is 0. The Hall–Kier alpha value is -3.00. The van der Waals surface area contributed by atoms with Crippen molar-refractivity contribution >= 4 is 28.7 Å². The highest BCUT2D eigenvalue weighted by atomic mass is 32.1. The molecule has 1 amide bonds. The van der Waals surface area contributed by atoms with E-state index in [-0.39, 0.29) is 11.8 Å². The van der Waals surface area contributed by atoms with E-state index in [2.05, 4.69) is 25.6 Å². The number of nitrogens with one attached hydrogen (secondary N) is 2. The second-order valence-electron chi connectivity index (χ2n) is 5.67. The molecule has 24 heavy (non-hydrogen) atoms. The molecule has 0 spiro atoms. The largest absolute Gasteiger partial charge is 0.309 e. The average molecular weight is 336 g/mol. The first-order valence-electron chi connectivity index (χ1n) is 7.51. The van der Waals surface area contributed by atoms with Crippen LogP contribution in [0.4, 0.5) is 5.82 Å². The van der Waals surface area contributed by atoms with Crippen molar-refractivity contribution in [1.29, 1.82) is 0 Å². The zero-order valence-corrected chi connectivity index (χ0v) is 13.2. The standard InChI is InChI=1S/C16H12N6OS/c23-13-7-10(9-3-4-22-12(6-9)17-8-18-22)14-15(11-2-1-5-24-11)20-21-16(14)19-13/h1-6,8,10H,7H2,(H2,19,20,21,23). The Morgan fingerprint density at radius 1 is 1.33 bits per heavy atom. The van der Waals surface area contributed by atoms with E-state index >= 15 is 0 Å². The molecule has 2 N–H and O–H groups in total. The molecule has 0 radical (unpaired) electrons. The van der Waals surface area contributed by atoms with Crippen molar-refractivity contribution in [3.05, 3.63) is 53.3 Å². The van der Waals surface area contributed by atoms with Crippen LogP contribution in [0.3, 0.4) is 0 Å². The molecule has 0 aliphatic carbocycles. The molecule has 0 aromatic carbocycles. The predicted molar refractivity (Wildman–Crippen MR) is 90.0 cm³/mol. The molecule has 1 aliphatic rings. The summed E-state index contributed by atoms with van der Waals surface area (Å²) in [7, 11) is 0. The first-order chi connectivity index (χ1) is 11.8. The van der Waals surface area contributed by atoms with Crippen LogP contribution in [0, 0.1) is 0 Å². The topological polar surface area (TPSA) is 88.0 Å². The van der Waals surface area contributed by atoms with Gasteiger partial charge >= 0.3 is 0 Å². The van der Waals surface area contributed by atoms with Crippen LogP contribution in [-0.2, 0) is 4.79 Å². The Labute approximate surface area is 140 Å². The van der Waals surface area contributed by atoms with Crippen LogP contribution in [0.25, 0.3) is 16.2 Å². The third kappa shape index (κ3) is 1.96. The van der Waals surface area contributed by atoms with Crippen LogP contribution in [-0.4, -0.2) is 30.7 Å². The Bertz CT molecular complexity index is 1050. The number of aromatic amines is 1. The van der Waals surface area contributed by atoms with Crippen LogP contribution in [0.5, 0.6) is 0 Å². The van der Waals surface area contributed by atoms with Crippen molar-refractivity contribution in [2.45, 2.75) is 12.3 Å². The van der Waals surface area contributed by atoms with Gasteiger partial charge in [0.1, 0.15) is 6.33 Å². The zero-order valence-electron chi connectivity index (χ0n) is 12.4. The number of thiophene rings is 1. The number of amides is 1. The van der Waals surface area contributed by atoms with E-state index in [9.17, 15) is 4.79 Å². The Kier molecular flexibility index (Phi) is 2.80. The van der Waals surface area contributed by atoms with Gasteiger partial charge in [-0.1, -0.05) is 6.07 Å². The highest BCUT2D eigenvalue weighted by Crippen LogP contribution is 2.42. The SMILES string of the molecule is O=C1CC(c2ccn3ncnc3c2)c2c(n[nH]c2-c2cccs2)N1. The average Bonchev–Trinajstić information content (AvgIpc) is 3.32. The molecule has 7 nitrogen and oxygen atoms in total. The van der Waals surface area contributed by atoms with Gasteiger partial charge in [-0.15, -0.1) is 11.3 Å². The fraction of sp³-hybridized carbons (Fsp3) is 0.125. The van der Waals surface area contributed by atoms with Gasteiger partial charge in [0.05, 0.1) is 10.6 Å². The maximum Gasteiger partial charge on any atom is 0.226 e. The zero-order chi connectivity index (χ0) is 16.1. The number of pyridine rings is 1. The fourth-order valence-electron chi connectivity index (χ4n) is 3.20. The number of fused-ring (bicyclic) bond motifs is 2. The number of nitrogens with zero attached hydrogens (tertiary/aromatic N) is 4. The van der Waals surface area contributed by atoms with Crippen molar-refractivity contribution in [3.8, 4) is 10.6 Å². The maximum absolute atomic E-state index is 12.1. The molecule has 5 heterocycles. The number of H-pyrrole nitrogens is 1. The first-order valence-corrected chi connectivity index (χ1v) is 8.39. The highest BCUT2D eigenvalue weighted by Gasteiger charge is 2.32. The summed E-state index contributed by atoms with van der Waals surface area (Å²) in [4.78, 5) is 17.5. The number of hydrogen-bond acceptors (Lipinski definition) is 5. The highest BCUT2D eigenvalue weighted by molar-refractivity contribution is 7.13. The number of rotatable bonds is 2. The summed E-state index contributed by atoms with van der Waals surface area (Å²) in [5, 5.41) is 16.4. The Morgan fingerprint density at radius 3 is 3.17 bits per heavy atom. The summed E-state index contributed by atoms with van der Waals surface area (Å²) in [6.07, 6.45) is 3.77. The van der Waals surface area contributed by atoms with Crippen LogP contribution in [0.1, 0.15) is 23.5 Å². The monoisotopic (exact) mass is 336 g/mol. The van der Waals surface area contributed by atoms with E-state index in [0.29, 0.717) is 12.2 Å². The molecule has 8 heteroatoms.